The van der Waals surface area contributed by atoms with Crippen LogP contribution in [0, 0.1) is 36.5 Å². The van der Waals surface area contributed by atoms with E-state index in [4.69, 9.17) is 0 Å². The van der Waals surface area contributed by atoms with Crippen LogP contribution in [-0.2, 0) is 4.79 Å². The Hall–Kier alpha value is -1.84. The van der Waals surface area contributed by atoms with E-state index >= 15 is 0 Å². The lowest BCUT2D eigenvalue weighted by Crippen LogP contribution is -2.20. The van der Waals surface area contributed by atoms with Crippen molar-refractivity contribution in [3.8, 4) is 0 Å². The third-order valence-corrected chi connectivity index (χ3v) is 5.70. The fourth-order valence-electron chi connectivity index (χ4n) is 4.84. The molecule has 4 heteroatoms. The summed E-state index contributed by atoms with van der Waals surface area (Å²) in [5.74, 6) is 1.78. The molecular weight excluding hydrogens is 266 g/mol. The van der Waals surface area contributed by atoms with Crippen LogP contribution >= 0.6 is 0 Å². The minimum atomic E-state index is -0.995. The van der Waals surface area contributed by atoms with Crippen molar-refractivity contribution in [2.75, 3.05) is 5.32 Å². The number of carboxylic acid groups (broad SMARTS) is 1. The summed E-state index contributed by atoms with van der Waals surface area (Å²) in [6.07, 6.45) is 3.87. The fraction of sp³-hybridized carbons (Fsp3) is 0.529. The van der Waals surface area contributed by atoms with Gasteiger partial charge in [0.05, 0.1) is 11.3 Å². The van der Waals surface area contributed by atoms with Crippen molar-refractivity contribution in [3.63, 3.8) is 0 Å². The molecule has 110 valence electrons. The summed E-state index contributed by atoms with van der Waals surface area (Å²) in [7, 11) is 0. The van der Waals surface area contributed by atoms with Gasteiger partial charge in [-0.25, -0.2) is 4.79 Å². The zero-order chi connectivity index (χ0) is 14.7. The highest BCUT2D eigenvalue weighted by Crippen LogP contribution is 2.69. The van der Waals surface area contributed by atoms with Gasteiger partial charge in [0, 0.05) is 5.92 Å². The van der Waals surface area contributed by atoms with Crippen molar-refractivity contribution in [3.05, 3.63) is 29.3 Å². The molecule has 2 bridgehead atoms. The average Bonchev–Trinajstić information content (AvgIpc) is 2.89. The molecule has 3 fully saturated rings. The van der Waals surface area contributed by atoms with Crippen LogP contribution in [0.1, 0.15) is 35.2 Å². The molecule has 4 unspecified atom stereocenters. The van der Waals surface area contributed by atoms with E-state index in [1.165, 1.54) is 19.3 Å². The lowest BCUT2D eigenvalue weighted by Gasteiger charge is -2.12. The molecule has 2 N–H and O–H groups in total. The van der Waals surface area contributed by atoms with Crippen molar-refractivity contribution >= 4 is 17.6 Å². The summed E-state index contributed by atoms with van der Waals surface area (Å²) in [5.41, 5.74) is 1.49. The van der Waals surface area contributed by atoms with Crippen LogP contribution in [0.2, 0.25) is 0 Å². The van der Waals surface area contributed by atoms with Gasteiger partial charge in [-0.15, -0.1) is 0 Å². The molecule has 4 atom stereocenters. The Balaban J connectivity index is 1.52. The molecule has 4 rings (SSSR count). The predicted octanol–water partition coefficient (Wildman–Crippen LogP) is 2.92. The van der Waals surface area contributed by atoms with E-state index in [0.717, 1.165) is 17.4 Å². The average molecular weight is 285 g/mol. The summed E-state index contributed by atoms with van der Waals surface area (Å²) in [6.45, 7) is 1.85. The minimum absolute atomic E-state index is 0.0213. The van der Waals surface area contributed by atoms with Gasteiger partial charge in [-0.1, -0.05) is 11.6 Å². The molecule has 1 amide bonds. The van der Waals surface area contributed by atoms with Crippen LogP contribution in [-0.4, -0.2) is 17.0 Å². The monoisotopic (exact) mass is 285 g/mol. The van der Waals surface area contributed by atoms with E-state index < -0.39 is 5.97 Å². The highest BCUT2D eigenvalue weighted by Gasteiger charge is 2.67. The number of rotatable bonds is 3. The number of aromatic carboxylic acids is 1. The number of nitrogens with one attached hydrogen (secondary N) is 1. The molecule has 0 heterocycles. The Morgan fingerprint density at radius 2 is 1.86 bits per heavy atom. The Morgan fingerprint density at radius 3 is 2.48 bits per heavy atom. The van der Waals surface area contributed by atoms with Gasteiger partial charge in [0.2, 0.25) is 5.91 Å². The molecular formula is C17H19NO3. The number of hydrogen-bond acceptors (Lipinski definition) is 2. The largest absolute Gasteiger partial charge is 0.478 e. The van der Waals surface area contributed by atoms with Crippen molar-refractivity contribution in [2.45, 2.75) is 26.2 Å². The SMILES string of the molecule is Cc1ccc(NC(=O)C2C3C4CCC(C4)C23)c(C(=O)O)c1. The number of benzene rings is 1. The van der Waals surface area contributed by atoms with E-state index in [1.54, 1.807) is 12.1 Å². The van der Waals surface area contributed by atoms with E-state index in [-0.39, 0.29) is 17.4 Å². The van der Waals surface area contributed by atoms with Crippen LogP contribution in [0.3, 0.4) is 0 Å². The van der Waals surface area contributed by atoms with Crippen molar-refractivity contribution in [1.82, 2.24) is 0 Å². The van der Waals surface area contributed by atoms with E-state index in [9.17, 15) is 14.7 Å². The Kier molecular flexibility index (Phi) is 2.65. The second kappa shape index (κ2) is 4.33. The number of hydrogen-bond donors (Lipinski definition) is 2. The van der Waals surface area contributed by atoms with Crippen molar-refractivity contribution in [1.29, 1.82) is 0 Å². The molecule has 1 aromatic rings. The maximum absolute atomic E-state index is 12.5. The lowest BCUT2D eigenvalue weighted by atomic mass is 10.0. The summed E-state index contributed by atoms with van der Waals surface area (Å²) >= 11 is 0. The van der Waals surface area contributed by atoms with Gasteiger partial charge < -0.3 is 10.4 Å². The quantitative estimate of drug-likeness (QED) is 0.897. The van der Waals surface area contributed by atoms with Crippen LogP contribution < -0.4 is 5.32 Å². The Bertz CT molecular complexity index is 623. The molecule has 3 aliphatic carbocycles. The predicted molar refractivity (Wildman–Crippen MR) is 78.1 cm³/mol. The summed E-state index contributed by atoms with van der Waals surface area (Å²) < 4.78 is 0. The van der Waals surface area contributed by atoms with Gasteiger partial charge in [-0.2, -0.15) is 0 Å². The summed E-state index contributed by atoms with van der Waals surface area (Å²) in [5, 5.41) is 12.1. The summed E-state index contributed by atoms with van der Waals surface area (Å²) in [4.78, 5) is 23.8. The highest BCUT2D eigenvalue weighted by molar-refractivity contribution is 6.02. The zero-order valence-corrected chi connectivity index (χ0v) is 12.0. The lowest BCUT2D eigenvalue weighted by molar-refractivity contribution is -0.118. The minimum Gasteiger partial charge on any atom is -0.478 e. The van der Waals surface area contributed by atoms with Crippen LogP contribution in [0.5, 0.6) is 0 Å². The Morgan fingerprint density at radius 1 is 1.19 bits per heavy atom. The second-order valence-corrected chi connectivity index (χ2v) is 6.86. The first kappa shape index (κ1) is 12.9. The molecule has 3 aliphatic rings. The maximum Gasteiger partial charge on any atom is 0.337 e. The molecule has 0 spiro atoms. The number of anilines is 1. The van der Waals surface area contributed by atoms with Gasteiger partial charge in [-0.3, -0.25) is 4.79 Å². The first-order valence-electron chi connectivity index (χ1n) is 7.71. The van der Waals surface area contributed by atoms with E-state index in [0.29, 0.717) is 17.5 Å². The maximum atomic E-state index is 12.5. The molecule has 1 aromatic carbocycles. The van der Waals surface area contributed by atoms with Crippen LogP contribution in [0.4, 0.5) is 5.69 Å². The van der Waals surface area contributed by atoms with E-state index in [1.807, 2.05) is 13.0 Å². The van der Waals surface area contributed by atoms with Crippen molar-refractivity contribution < 1.29 is 14.7 Å². The Labute approximate surface area is 123 Å². The van der Waals surface area contributed by atoms with Gasteiger partial charge in [-0.05, 0) is 62.0 Å². The zero-order valence-electron chi connectivity index (χ0n) is 12.0. The first-order chi connectivity index (χ1) is 10.1. The topological polar surface area (TPSA) is 66.4 Å². The first-order valence-corrected chi connectivity index (χ1v) is 7.71. The second-order valence-electron chi connectivity index (χ2n) is 6.86. The van der Waals surface area contributed by atoms with Crippen molar-refractivity contribution in [2.24, 2.45) is 29.6 Å². The summed E-state index contributed by atoms with van der Waals surface area (Å²) in [6, 6.07) is 5.14. The van der Waals surface area contributed by atoms with Gasteiger partial charge in [0.25, 0.3) is 0 Å². The number of fused-ring (bicyclic) bond motifs is 5. The standard InChI is InChI=1S/C17H19NO3/c1-8-2-5-12(11(6-8)17(20)21)18-16(19)15-13-9-3-4-10(7-9)14(13)15/h2,5-6,9-10,13-15H,3-4,7H2,1H3,(H,18,19)(H,20,21). The molecule has 21 heavy (non-hydrogen) atoms. The fourth-order valence-corrected chi connectivity index (χ4v) is 4.84. The highest BCUT2D eigenvalue weighted by atomic mass is 16.4. The number of aryl methyl sites for hydroxylation is 1. The molecule has 0 saturated heterocycles. The van der Waals surface area contributed by atoms with Gasteiger partial charge in [0.15, 0.2) is 0 Å². The number of carbonyl (C=O) groups excluding carboxylic acids is 1. The normalized spacial score (nSPS) is 35.4. The number of carboxylic acids is 1. The molecule has 0 radical (unpaired) electrons. The van der Waals surface area contributed by atoms with Gasteiger partial charge in [0.1, 0.15) is 0 Å². The third-order valence-electron chi connectivity index (χ3n) is 5.70. The molecule has 0 aliphatic heterocycles. The molecule has 4 nitrogen and oxygen atoms in total. The molecule has 3 saturated carbocycles. The number of amides is 1. The van der Waals surface area contributed by atoms with Gasteiger partial charge >= 0.3 is 5.97 Å². The van der Waals surface area contributed by atoms with Crippen LogP contribution in [0.25, 0.3) is 0 Å². The third kappa shape index (κ3) is 1.88. The van der Waals surface area contributed by atoms with E-state index in [2.05, 4.69) is 5.32 Å². The smallest absolute Gasteiger partial charge is 0.337 e. The molecule has 0 aromatic heterocycles. The van der Waals surface area contributed by atoms with Crippen LogP contribution in [0.15, 0.2) is 18.2 Å². The number of carbonyl (C=O) groups is 2.